The van der Waals surface area contributed by atoms with Crippen LogP contribution >= 0.6 is 0 Å². The topological polar surface area (TPSA) is 128 Å². The van der Waals surface area contributed by atoms with E-state index in [4.69, 9.17) is 14.6 Å². The van der Waals surface area contributed by atoms with Crippen molar-refractivity contribution in [1.82, 2.24) is 15.5 Å². The number of likely N-dealkylation sites (tertiary alicyclic amines) is 1. The highest BCUT2D eigenvalue weighted by atomic mass is 19.1. The molecule has 2 fully saturated rings. The first kappa shape index (κ1) is 25.7. The lowest BCUT2D eigenvalue weighted by Gasteiger charge is -2.53. The fourth-order valence-electron chi connectivity index (χ4n) is 4.36. The SMILES string of the molecule is CC(=O)NCC(=O)N[C@@]1(C)CCOC2(CCN(Cc3cccc(F)c3)CC2)[C@@H]1O.O=CO. The molecule has 2 amide bonds. The minimum atomic E-state index is -0.860. The lowest BCUT2D eigenvalue weighted by molar-refractivity contribution is -0.208. The second kappa shape index (κ2) is 11.3. The average Bonchev–Trinajstić information content (AvgIpc) is 2.73. The number of rotatable bonds is 5. The Morgan fingerprint density at radius 2 is 1.97 bits per heavy atom. The van der Waals surface area contributed by atoms with Gasteiger partial charge in [0.05, 0.1) is 17.7 Å². The minimum Gasteiger partial charge on any atom is -0.483 e. The van der Waals surface area contributed by atoms with E-state index in [9.17, 15) is 19.1 Å². The van der Waals surface area contributed by atoms with Crippen molar-refractivity contribution in [2.24, 2.45) is 0 Å². The van der Waals surface area contributed by atoms with E-state index in [1.807, 2.05) is 13.0 Å². The molecule has 0 aliphatic carbocycles. The van der Waals surface area contributed by atoms with E-state index < -0.39 is 17.2 Å². The van der Waals surface area contributed by atoms with E-state index in [2.05, 4.69) is 15.5 Å². The molecule has 2 aliphatic rings. The third-order valence-corrected chi connectivity index (χ3v) is 6.03. The second-order valence-corrected chi connectivity index (χ2v) is 8.45. The molecular formula is C22H32FN3O6. The first-order chi connectivity index (χ1) is 15.1. The predicted octanol–water partition coefficient (Wildman–Crippen LogP) is 0.653. The maximum absolute atomic E-state index is 13.4. The summed E-state index contributed by atoms with van der Waals surface area (Å²) in [7, 11) is 0. The van der Waals surface area contributed by atoms with Crippen LogP contribution in [0.25, 0.3) is 0 Å². The van der Waals surface area contributed by atoms with Crippen molar-refractivity contribution in [3.8, 4) is 0 Å². The zero-order valence-corrected chi connectivity index (χ0v) is 18.5. The molecule has 2 aliphatic heterocycles. The summed E-state index contributed by atoms with van der Waals surface area (Å²) in [4.78, 5) is 33.8. The van der Waals surface area contributed by atoms with Crippen molar-refractivity contribution < 1.29 is 33.7 Å². The third-order valence-electron chi connectivity index (χ3n) is 6.03. The van der Waals surface area contributed by atoms with Crippen LogP contribution in [0.5, 0.6) is 0 Å². The van der Waals surface area contributed by atoms with Crippen molar-refractivity contribution in [2.75, 3.05) is 26.2 Å². The summed E-state index contributed by atoms with van der Waals surface area (Å²) in [5, 5.41) is 23.4. The van der Waals surface area contributed by atoms with E-state index in [-0.39, 0.29) is 30.6 Å². The molecule has 2 saturated heterocycles. The van der Waals surface area contributed by atoms with Gasteiger partial charge in [-0.25, -0.2) is 4.39 Å². The van der Waals surface area contributed by atoms with Gasteiger partial charge in [0, 0.05) is 33.2 Å². The molecule has 0 unspecified atom stereocenters. The monoisotopic (exact) mass is 453 g/mol. The number of aliphatic hydroxyl groups is 1. The van der Waals surface area contributed by atoms with Crippen molar-refractivity contribution >= 4 is 18.3 Å². The summed E-state index contributed by atoms with van der Waals surface area (Å²) in [5.41, 5.74) is -0.619. The summed E-state index contributed by atoms with van der Waals surface area (Å²) >= 11 is 0. The van der Waals surface area contributed by atoms with Gasteiger partial charge in [-0.2, -0.15) is 0 Å². The van der Waals surface area contributed by atoms with Gasteiger partial charge in [-0.1, -0.05) is 12.1 Å². The number of hydrogen-bond donors (Lipinski definition) is 4. The summed E-state index contributed by atoms with van der Waals surface area (Å²) in [6.45, 7) is 5.32. The molecule has 10 heteroatoms. The number of halogens is 1. The van der Waals surface area contributed by atoms with Gasteiger partial charge in [-0.05, 0) is 43.9 Å². The van der Waals surface area contributed by atoms with Crippen LogP contribution in [-0.4, -0.2) is 76.9 Å². The Hall–Kier alpha value is -2.56. The number of benzene rings is 1. The van der Waals surface area contributed by atoms with Gasteiger partial charge in [0.15, 0.2) is 0 Å². The number of nitrogens with one attached hydrogen (secondary N) is 2. The quantitative estimate of drug-likeness (QED) is 0.482. The van der Waals surface area contributed by atoms with Crippen molar-refractivity contribution in [3.05, 3.63) is 35.6 Å². The number of amides is 2. The number of piperidine rings is 1. The smallest absolute Gasteiger partial charge is 0.290 e. The summed E-state index contributed by atoms with van der Waals surface area (Å²) in [6, 6.07) is 6.58. The van der Waals surface area contributed by atoms with Gasteiger partial charge in [-0.15, -0.1) is 0 Å². The minimum absolute atomic E-state index is 0.118. The summed E-state index contributed by atoms with van der Waals surface area (Å²) in [6.07, 6.45) is 0.886. The molecule has 1 aromatic rings. The highest BCUT2D eigenvalue weighted by Crippen LogP contribution is 2.40. The molecule has 9 nitrogen and oxygen atoms in total. The molecule has 2 atom stereocenters. The van der Waals surface area contributed by atoms with Gasteiger partial charge in [0.25, 0.3) is 6.47 Å². The summed E-state index contributed by atoms with van der Waals surface area (Å²) in [5.74, 6) is -0.852. The number of hydrogen-bond acceptors (Lipinski definition) is 6. The fraction of sp³-hybridized carbons (Fsp3) is 0.591. The van der Waals surface area contributed by atoms with E-state index in [1.165, 1.54) is 19.1 Å². The molecule has 4 N–H and O–H groups in total. The predicted molar refractivity (Wildman–Crippen MR) is 114 cm³/mol. The van der Waals surface area contributed by atoms with Gasteiger partial charge in [-0.3, -0.25) is 19.3 Å². The maximum Gasteiger partial charge on any atom is 0.290 e. The molecule has 178 valence electrons. The Bertz CT molecular complexity index is 800. The lowest BCUT2D eigenvalue weighted by atomic mass is 9.73. The van der Waals surface area contributed by atoms with Gasteiger partial charge in [0.2, 0.25) is 11.8 Å². The van der Waals surface area contributed by atoms with Crippen molar-refractivity contribution in [2.45, 2.75) is 56.9 Å². The maximum atomic E-state index is 13.4. The largest absolute Gasteiger partial charge is 0.483 e. The fourth-order valence-corrected chi connectivity index (χ4v) is 4.36. The van der Waals surface area contributed by atoms with Crippen LogP contribution in [0, 0.1) is 5.82 Å². The highest BCUT2D eigenvalue weighted by Gasteiger charge is 2.53. The Balaban J connectivity index is 0.00000114. The lowest BCUT2D eigenvalue weighted by Crippen LogP contribution is -2.69. The van der Waals surface area contributed by atoms with Crippen LogP contribution in [0.4, 0.5) is 4.39 Å². The van der Waals surface area contributed by atoms with E-state index >= 15 is 0 Å². The molecule has 0 aromatic heterocycles. The second-order valence-electron chi connectivity index (χ2n) is 8.45. The molecule has 0 bridgehead atoms. The number of nitrogens with zero attached hydrogens (tertiary/aromatic N) is 1. The third kappa shape index (κ3) is 6.72. The Labute approximate surface area is 186 Å². The number of ether oxygens (including phenoxy) is 1. The molecule has 1 spiro atoms. The Morgan fingerprint density at radius 3 is 2.56 bits per heavy atom. The molecular weight excluding hydrogens is 421 g/mol. The van der Waals surface area contributed by atoms with Crippen LogP contribution in [0.2, 0.25) is 0 Å². The standard InChI is InChI=1S/C21H30FN3O4.CH2O2/c1-15(26)23-13-18(27)24-20(2)8-11-29-21(19(20)28)6-9-25(10-7-21)14-16-4-3-5-17(22)12-16;2-1-3/h3-5,12,19,28H,6-11,13-14H2,1-2H3,(H,23,26)(H,24,27);1H,(H,2,3)/t19-,20+;/m1./s1. The summed E-state index contributed by atoms with van der Waals surface area (Å²) < 4.78 is 19.5. The van der Waals surface area contributed by atoms with E-state index in [0.717, 1.165) is 5.56 Å². The molecule has 2 heterocycles. The molecule has 3 rings (SSSR count). The van der Waals surface area contributed by atoms with E-state index in [0.29, 0.717) is 45.5 Å². The number of carbonyl (C=O) groups excluding carboxylic acids is 2. The molecule has 0 radical (unpaired) electrons. The van der Waals surface area contributed by atoms with Crippen LogP contribution in [0.1, 0.15) is 38.7 Å². The number of carbonyl (C=O) groups is 3. The first-order valence-corrected chi connectivity index (χ1v) is 10.6. The van der Waals surface area contributed by atoms with Crippen molar-refractivity contribution in [3.63, 3.8) is 0 Å². The Morgan fingerprint density at radius 1 is 1.31 bits per heavy atom. The zero-order valence-electron chi connectivity index (χ0n) is 18.5. The first-order valence-electron chi connectivity index (χ1n) is 10.6. The zero-order chi connectivity index (χ0) is 23.8. The Kier molecular flexibility index (Phi) is 9.11. The molecule has 32 heavy (non-hydrogen) atoms. The van der Waals surface area contributed by atoms with Gasteiger partial charge < -0.3 is 25.6 Å². The van der Waals surface area contributed by atoms with Crippen molar-refractivity contribution in [1.29, 1.82) is 0 Å². The van der Waals surface area contributed by atoms with Crippen LogP contribution < -0.4 is 10.6 Å². The number of aliphatic hydroxyl groups excluding tert-OH is 1. The van der Waals surface area contributed by atoms with Crippen LogP contribution in [0.3, 0.4) is 0 Å². The van der Waals surface area contributed by atoms with E-state index in [1.54, 1.807) is 6.07 Å². The van der Waals surface area contributed by atoms with Gasteiger partial charge in [0.1, 0.15) is 11.9 Å². The van der Waals surface area contributed by atoms with Crippen LogP contribution in [0.15, 0.2) is 24.3 Å². The average molecular weight is 454 g/mol. The molecule has 1 aromatic carbocycles. The number of carboxylic acid groups (broad SMARTS) is 1. The van der Waals surface area contributed by atoms with Gasteiger partial charge >= 0.3 is 0 Å². The highest BCUT2D eigenvalue weighted by molar-refractivity contribution is 5.84. The normalized spacial score (nSPS) is 24.7. The van der Waals surface area contributed by atoms with Crippen LogP contribution in [-0.2, 0) is 25.7 Å². The molecule has 0 saturated carbocycles.